The number of aromatic hydroxyl groups is 1. The molecule has 2 aliphatic rings. The lowest BCUT2D eigenvalue weighted by Crippen LogP contribution is -2.20. The highest BCUT2D eigenvalue weighted by atomic mass is 19.1. The summed E-state index contributed by atoms with van der Waals surface area (Å²) in [7, 11) is 1.47. The lowest BCUT2D eigenvalue weighted by atomic mass is 9.98. The van der Waals surface area contributed by atoms with E-state index in [1.807, 2.05) is 0 Å². The summed E-state index contributed by atoms with van der Waals surface area (Å²) in [5.74, 6) is 1.51. The van der Waals surface area contributed by atoms with Crippen LogP contribution in [0.2, 0.25) is 0 Å². The SMILES string of the molecule is COc1nc(NC2CC3CC3C2)c2c(=O)oc(-c3cc(O)cc4cccc(F)c34)c(C)c2n1. The molecule has 0 amide bonds. The highest BCUT2D eigenvalue weighted by Gasteiger charge is 2.46. The summed E-state index contributed by atoms with van der Waals surface area (Å²) in [4.78, 5) is 22.0. The number of nitrogens with one attached hydrogen (secondary N) is 1. The second-order valence-corrected chi connectivity index (χ2v) is 9.03. The van der Waals surface area contributed by atoms with Crippen LogP contribution in [0, 0.1) is 24.6 Å². The number of phenols is 1. The molecule has 33 heavy (non-hydrogen) atoms. The Morgan fingerprint density at radius 2 is 1.94 bits per heavy atom. The number of halogens is 1. The Balaban J connectivity index is 1.58. The lowest BCUT2D eigenvalue weighted by Gasteiger charge is -2.17. The van der Waals surface area contributed by atoms with Crippen LogP contribution in [-0.4, -0.2) is 28.2 Å². The summed E-state index contributed by atoms with van der Waals surface area (Å²) < 4.78 is 25.8. The molecule has 168 valence electrons. The van der Waals surface area contributed by atoms with E-state index in [9.17, 15) is 14.3 Å². The van der Waals surface area contributed by atoms with Crippen molar-refractivity contribution < 1.29 is 18.7 Å². The highest BCUT2D eigenvalue weighted by molar-refractivity contribution is 6.00. The van der Waals surface area contributed by atoms with E-state index in [1.165, 1.54) is 31.7 Å². The van der Waals surface area contributed by atoms with Gasteiger partial charge in [0.15, 0.2) is 0 Å². The summed E-state index contributed by atoms with van der Waals surface area (Å²) in [5.41, 5.74) is 0.540. The van der Waals surface area contributed by atoms with Gasteiger partial charge in [-0.05, 0) is 61.6 Å². The van der Waals surface area contributed by atoms with E-state index in [2.05, 4.69) is 15.3 Å². The number of hydrogen-bond acceptors (Lipinski definition) is 7. The van der Waals surface area contributed by atoms with Gasteiger partial charge in [0, 0.05) is 22.6 Å². The molecule has 7 nitrogen and oxygen atoms in total. The van der Waals surface area contributed by atoms with E-state index in [0.29, 0.717) is 22.3 Å². The van der Waals surface area contributed by atoms with Crippen LogP contribution in [0.15, 0.2) is 39.5 Å². The van der Waals surface area contributed by atoms with Crippen molar-refractivity contribution >= 4 is 27.5 Å². The van der Waals surface area contributed by atoms with E-state index in [1.54, 1.807) is 19.1 Å². The quantitative estimate of drug-likeness (QED) is 0.465. The normalized spacial score (nSPS) is 21.4. The number of rotatable bonds is 4. The number of fused-ring (bicyclic) bond motifs is 3. The van der Waals surface area contributed by atoms with Gasteiger partial charge in [-0.1, -0.05) is 12.1 Å². The molecule has 2 heterocycles. The van der Waals surface area contributed by atoms with Crippen LogP contribution in [0.3, 0.4) is 0 Å². The maximum Gasteiger partial charge on any atom is 0.349 e. The van der Waals surface area contributed by atoms with Gasteiger partial charge in [-0.15, -0.1) is 0 Å². The number of anilines is 1. The van der Waals surface area contributed by atoms with Gasteiger partial charge >= 0.3 is 11.6 Å². The fourth-order valence-corrected chi connectivity index (χ4v) is 5.26. The standard InChI is InChI=1S/C25H22FN3O4/c1-11-21-20(23(29-25(28-21)32-2)27-15-7-13-6-14(13)8-15)24(31)33-22(11)17-10-16(30)9-12-4-3-5-18(26)19(12)17/h3-5,9-10,13-15,30H,6-8H2,1-2H3,(H,27,28,29). The zero-order chi connectivity index (χ0) is 22.9. The van der Waals surface area contributed by atoms with Gasteiger partial charge < -0.3 is 19.6 Å². The fourth-order valence-electron chi connectivity index (χ4n) is 5.26. The van der Waals surface area contributed by atoms with Crippen molar-refractivity contribution in [3.05, 3.63) is 52.1 Å². The third-order valence-corrected chi connectivity index (χ3v) is 6.91. The molecule has 2 aliphatic carbocycles. The number of aromatic nitrogens is 2. The Hall–Kier alpha value is -3.68. The Morgan fingerprint density at radius 3 is 2.70 bits per heavy atom. The minimum atomic E-state index is -0.633. The Kier molecular flexibility index (Phi) is 4.33. The molecule has 2 saturated carbocycles. The number of hydrogen-bond donors (Lipinski definition) is 2. The summed E-state index contributed by atoms with van der Waals surface area (Å²) >= 11 is 0. The van der Waals surface area contributed by atoms with E-state index >= 15 is 0 Å². The second kappa shape index (κ2) is 7.16. The first kappa shape index (κ1) is 20.0. The van der Waals surface area contributed by atoms with Gasteiger partial charge in [0.1, 0.15) is 28.5 Å². The average molecular weight is 447 g/mol. The predicted molar refractivity (Wildman–Crippen MR) is 122 cm³/mol. The van der Waals surface area contributed by atoms with Crippen LogP contribution in [-0.2, 0) is 0 Å². The number of ether oxygens (including phenoxy) is 1. The number of methoxy groups -OCH3 is 1. The van der Waals surface area contributed by atoms with Gasteiger partial charge in [0.25, 0.3) is 0 Å². The summed E-state index contributed by atoms with van der Waals surface area (Å²) in [6.07, 6.45) is 3.38. The van der Waals surface area contributed by atoms with Crippen LogP contribution in [0.25, 0.3) is 33.0 Å². The molecule has 2 unspecified atom stereocenters. The summed E-state index contributed by atoms with van der Waals surface area (Å²) in [5, 5.41) is 14.6. The van der Waals surface area contributed by atoms with Gasteiger partial charge in [-0.3, -0.25) is 0 Å². The van der Waals surface area contributed by atoms with Crippen molar-refractivity contribution in [1.29, 1.82) is 0 Å². The van der Waals surface area contributed by atoms with Crippen molar-refractivity contribution in [3.8, 4) is 23.1 Å². The largest absolute Gasteiger partial charge is 0.508 e. The summed E-state index contributed by atoms with van der Waals surface area (Å²) in [6.45, 7) is 1.75. The van der Waals surface area contributed by atoms with E-state index < -0.39 is 11.4 Å². The van der Waals surface area contributed by atoms with Crippen molar-refractivity contribution in [3.63, 3.8) is 0 Å². The fraction of sp³-hybridized carbons (Fsp3) is 0.320. The van der Waals surface area contributed by atoms with Gasteiger partial charge in [0.05, 0.1) is 12.6 Å². The van der Waals surface area contributed by atoms with E-state index in [0.717, 1.165) is 24.7 Å². The number of nitrogens with zero attached hydrogens (tertiary/aromatic N) is 2. The Labute approximate surface area is 188 Å². The van der Waals surface area contributed by atoms with Crippen molar-refractivity contribution in [2.45, 2.75) is 32.2 Å². The monoisotopic (exact) mass is 447 g/mol. The van der Waals surface area contributed by atoms with Gasteiger partial charge in [0.2, 0.25) is 0 Å². The van der Waals surface area contributed by atoms with Crippen molar-refractivity contribution in [2.75, 3.05) is 12.4 Å². The first-order valence-electron chi connectivity index (χ1n) is 11.0. The molecule has 8 heteroatoms. The summed E-state index contributed by atoms with van der Waals surface area (Å²) in [6, 6.07) is 7.81. The maximum absolute atomic E-state index is 14.8. The van der Waals surface area contributed by atoms with Crippen LogP contribution >= 0.6 is 0 Å². The van der Waals surface area contributed by atoms with Crippen molar-refractivity contribution in [1.82, 2.24) is 9.97 Å². The van der Waals surface area contributed by atoms with Crippen molar-refractivity contribution in [2.24, 2.45) is 11.8 Å². The lowest BCUT2D eigenvalue weighted by molar-refractivity contribution is 0.382. The molecular formula is C25H22FN3O4. The maximum atomic E-state index is 14.8. The Morgan fingerprint density at radius 1 is 1.15 bits per heavy atom. The predicted octanol–water partition coefficient (Wildman–Crippen LogP) is 4.78. The van der Waals surface area contributed by atoms with Crippen LogP contribution < -0.4 is 15.7 Å². The zero-order valence-corrected chi connectivity index (χ0v) is 18.2. The molecule has 4 aromatic rings. The molecule has 2 atom stereocenters. The van der Waals surface area contributed by atoms with Crippen LogP contribution in [0.1, 0.15) is 24.8 Å². The molecule has 0 spiro atoms. The third-order valence-electron chi connectivity index (χ3n) is 6.91. The third kappa shape index (κ3) is 3.20. The minimum absolute atomic E-state index is 0.0623. The first-order chi connectivity index (χ1) is 15.9. The minimum Gasteiger partial charge on any atom is -0.508 e. The molecule has 2 aromatic heterocycles. The number of benzene rings is 2. The molecule has 6 rings (SSSR count). The average Bonchev–Trinajstić information content (AvgIpc) is 3.40. The first-order valence-corrected chi connectivity index (χ1v) is 11.0. The van der Waals surface area contributed by atoms with Crippen LogP contribution in [0.4, 0.5) is 10.2 Å². The zero-order valence-electron chi connectivity index (χ0n) is 18.2. The van der Waals surface area contributed by atoms with E-state index in [4.69, 9.17) is 9.15 Å². The van der Waals surface area contributed by atoms with Gasteiger partial charge in [-0.25, -0.2) is 9.18 Å². The molecule has 0 bridgehead atoms. The van der Waals surface area contributed by atoms with Gasteiger partial charge in [-0.2, -0.15) is 9.97 Å². The number of aryl methyl sites for hydroxylation is 1. The Bertz CT molecular complexity index is 1490. The second-order valence-electron chi connectivity index (χ2n) is 9.03. The molecular weight excluding hydrogens is 425 g/mol. The molecule has 2 N–H and O–H groups in total. The van der Waals surface area contributed by atoms with Crippen LogP contribution in [0.5, 0.6) is 11.8 Å². The molecule has 0 saturated heterocycles. The smallest absolute Gasteiger partial charge is 0.349 e. The highest BCUT2D eigenvalue weighted by Crippen LogP contribution is 2.52. The molecule has 2 aromatic carbocycles. The number of phenolic OH excluding ortho intramolecular Hbond substituents is 1. The molecule has 0 radical (unpaired) electrons. The topological polar surface area (TPSA) is 97.5 Å². The molecule has 0 aliphatic heterocycles. The molecule has 2 fully saturated rings. The van der Waals surface area contributed by atoms with E-state index in [-0.39, 0.29) is 39.9 Å².